The summed E-state index contributed by atoms with van der Waals surface area (Å²) in [5.41, 5.74) is 12.0. The van der Waals surface area contributed by atoms with Crippen molar-refractivity contribution in [3.63, 3.8) is 0 Å². The molecule has 0 spiro atoms. The van der Waals surface area contributed by atoms with Gasteiger partial charge in [0.05, 0.1) is 11.2 Å². The van der Waals surface area contributed by atoms with Crippen LogP contribution in [0, 0.1) is 19.3 Å². The van der Waals surface area contributed by atoms with Gasteiger partial charge < -0.3 is 5.73 Å². The van der Waals surface area contributed by atoms with Crippen molar-refractivity contribution in [1.29, 1.82) is 5.41 Å². The Hall–Kier alpha value is -2.92. The summed E-state index contributed by atoms with van der Waals surface area (Å²) < 4.78 is 2.74. The second-order valence-corrected chi connectivity index (χ2v) is 7.54. The molecule has 0 aliphatic carbocycles. The van der Waals surface area contributed by atoms with Crippen molar-refractivity contribution in [2.45, 2.75) is 13.8 Å². The first-order valence-electron chi connectivity index (χ1n) is 8.65. The van der Waals surface area contributed by atoms with E-state index in [0.29, 0.717) is 17.0 Å². The van der Waals surface area contributed by atoms with Crippen LogP contribution >= 0.6 is 15.9 Å². The topological polar surface area (TPSA) is 67.7 Å². The zero-order valence-corrected chi connectivity index (χ0v) is 16.7. The lowest BCUT2D eigenvalue weighted by atomic mass is 10.1. The standard InChI is InChI=1S/C22H19BrN4/c1-13-7-9-15(18(24)11-13)22-26-19-12-14(2)8-10-16(19)21(25)27(22)20-6-4-3-5-17(20)23/h3-12,25H,24H2,1-2H3. The average molecular weight is 419 g/mol. The van der Waals surface area contributed by atoms with E-state index in [9.17, 15) is 0 Å². The van der Waals surface area contributed by atoms with E-state index >= 15 is 0 Å². The van der Waals surface area contributed by atoms with Crippen molar-refractivity contribution in [2.75, 3.05) is 5.73 Å². The number of hydrogen-bond donors (Lipinski definition) is 2. The SMILES string of the molecule is Cc1ccc(-c2nc3cc(C)ccc3c(=N)n2-c2ccccc2Br)c(N)c1. The number of nitrogens with two attached hydrogens (primary N) is 1. The molecule has 4 aromatic rings. The Bertz CT molecular complexity index is 1240. The Morgan fingerprint density at radius 2 is 1.67 bits per heavy atom. The molecule has 0 bridgehead atoms. The van der Waals surface area contributed by atoms with Crippen LogP contribution < -0.4 is 11.2 Å². The van der Waals surface area contributed by atoms with Gasteiger partial charge in [-0.1, -0.05) is 24.3 Å². The maximum absolute atomic E-state index is 8.91. The molecule has 27 heavy (non-hydrogen) atoms. The van der Waals surface area contributed by atoms with Gasteiger partial charge in [-0.05, 0) is 77.3 Å². The number of hydrogen-bond acceptors (Lipinski definition) is 3. The second kappa shape index (κ2) is 6.67. The van der Waals surface area contributed by atoms with Crippen molar-refractivity contribution in [2.24, 2.45) is 0 Å². The lowest BCUT2D eigenvalue weighted by Crippen LogP contribution is -2.23. The van der Waals surface area contributed by atoms with Crippen molar-refractivity contribution >= 4 is 32.5 Å². The Labute approximate surface area is 165 Å². The van der Waals surface area contributed by atoms with Crippen molar-refractivity contribution in [3.8, 4) is 17.1 Å². The van der Waals surface area contributed by atoms with Gasteiger partial charge in [0.2, 0.25) is 0 Å². The van der Waals surface area contributed by atoms with Gasteiger partial charge in [-0.25, -0.2) is 4.98 Å². The minimum absolute atomic E-state index is 0.377. The zero-order chi connectivity index (χ0) is 19.1. The Morgan fingerprint density at radius 3 is 2.41 bits per heavy atom. The van der Waals surface area contributed by atoms with Crippen LogP contribution in [0.3, 0.4) is 0 Å². The van der Waals surface area contributed by atoms with Gasteiger partial charge in [-0.15, -0.1) is 0 Å². The molecule has 0 radical (unpaired) electrons. The van der Waals surface area contributed by atoms with Gasteiger partial charge in [0.25, 0.3) is 0 Å². The normalized spacial score (nSPS) is 11.1. The molecule has 0 amide bonds. The smallest absolute Gasteiger partial charge is 0.148 e. The van der Waals surface area contributed by atoms with Crippen LogP contribution in [-0.4, -0.2) is 9.55 Å². The van der Waals surface area contributed by atoms with Crippen molar-refractivity contribution in [1.82, 2.24) is 9.55 Å². The fourth-order valence-electron chi connectivity index (χ4n) is 3.26. The number of para-hydroxylation sites is 1. The van der Waals surface area contributed by atoms with E-state index in [1.807, 2.05) is 79.1 Å². The number of nitrogens with zero attached hydrogens (tertiary/aromatic N) is 2. The van der Waals surface area contributed by atoms with E-state index in [4.69, 9.17) is 16.1 Å². The lowest BCUT2D eigenvalue weighted by Gasteiger charge is -2.18. The first-order valence-corrected chi connectivity index (χ1v) is 9.44. The molecule has 0 aliphatic rings. The summed E-state index contributed by atoms with van der Waals surface area (Å²) in [6.07, 6.45) is 0. The third kappa shape index (κ3) is 3.04. The molecule has 4 rings (SSSR count). The fraction of sp³-hybridized carbons (Fsp3) is 0.0909. The van der Waals surface area contributed by atoms with Gasteiger partial charge in [0, 0.05) is 21.1 Å². The molecule has 3 N–H and O–H groups in total. The average Bonchev–Trinajstić information content (AvgIpc) is 2.62. The summed E-state index contributed by atoms with van der Waals surface area (Å²) in [7, 11) is 0. The van der Waals surface area contributed by atoms with E-state index in [-0.39, 0.29) is 0 Å². The van der Waals surface area contributed by atoms with E-state index in [0.717, 1.165) is 37.8 Å². The van der Waals surface area contributed by atoms with Crippen LogP contribution in [0.5, 0.6) is 0 Å². The molecule has 3 aromatic carbocycles. The largest absolute Gasteiger partial charge is 0.398 e. The molecule has 0 saturated carbocycles. The van der Waals surface area contributed by atoms with Gasteiger partial charge in [0.1, 0.15) is 11.3 Å². The molecule has 4 nitrogen and oxygen atoms in total. The summed E-state index contributed by atoms with van der Waals surface area (Å²) in [5.74, 6) is 0.655. The molecule has 0 unspecified atom stereocenters. The van der Waals surface area contributed by atoms with Crippen molar-refractivity contribution in [3.05, 3.63) is 81.8 Å². The third-order valence-electron chi connectivity index (χ3n) is 4.61. The monoisotopic (exact) mass is 418 g/mol. The highest BCUT2D eigenvalue weighted by molar-refractivity contribution is 9.10. The van der Waals surface area contributed by atoms with E-state index < -0.39 is 0 Å². The highest BCUT2D eigenvalue weighted by atomic mass is 79.9. The number of nitrogens with one attached hydrogen (secondary N) is 1. The van der Waals surface area contributed by atoms with Crippen LogP contribution in [0.2, 0.25) is 0 Å². The minimum Gasteiger partial charge on any atom is -0.398 e. The molecular weight excluding hydrogens is 400 g/mol. The Kier molecular flexibility index (Phi) is 4.32. The van der Waals surface area contributed by atoms with Gasteiger partial charge in [-0.3, -0.25) is 9.98 Å². The Morgan fingerprint density at radius 1 is 0.963 bits per heavy atom. The minimum atomic E-state index is 0.377. The van der Waals surface area contributed by atoms with Gasteiger partial charge in [-0.2, -0.15) is 0 Å². The molecular formula is C22H19BrN4. The number of anilines is 1. The molecule has 0 atom stereocenters. The summed E-state index contributed by atoms with van der Waals surface area (Å²) >= 11 is 3.62. The highest BCUT2D eigenvalue weighted by Crippen LogP contribution is 2.30. The van der Waals surface area contributed by atoms with Crippen molar-refractivity contribution < 1.29 is 0 Å². The molecule has 0 aliphatic heterocycles. The molecule has 1 heterocycles. The quantitative estimate of drug-likeness (QED) is 0.442. The summed E-state index contributed by atoms with van der Waals surface area (Å²) in [5, 5.41) is 9.71. The van der Waals surface area contributed by atoms with Crippen LogP contribution in [0.1, 0.15) is 11.1 Å². The number of nitrogen functional groups attached to an aromatic ring is 1. The lowest BCUT2D eigenvalue weighted by molar-refractivity contribution is 0.918. The summed E-state index contributed by atoms with van der Waals surface area (Å²) in [4.78, 5) is 4.92. The van der Waals surface area contributed by atoms with Gasteiger partial charge in [0.15, 0.2) is 0 Å². The molecule has 5 heteroatoms. The first kappa shape index (κ1) is 17.5. The molecule has 1 aromatic heterocycles. The maximum Gasteiger partial charge on any atom is 0.148 e. The number of rotatable bonds is 2. The predicted molar refractivity (Wildman–Crippen MR) is 114 cm³/mol. The number of fused-ring (bicyclic) bond motifs is 1. The van der Waals surface area contributed by atoms with Crippen LogP contribution in [0.25, 0.3) is 28.0 Å². The number of aryl methyl sites for hydroxylation is 2. The van der Waals surface area contributed by atoms with E-state index in [2.05, 4.69) is 15.9 Å². The zero-order valence-electron chi connectivity index (χ0n) is 15.1. The third-order valence-corrected chi connectivity index (χ3v) is 5.28. The molecule has 0 fully saturated rings. The van der Waals surface area contributed by atoms with Gasteiger partial charge >= 0.3 is 0 Å². The predicted octanol–water partition coefficient (Wildman–Crippen LogP) is 5.13. The van der Waals surface area contributed by atoms with Crippen LogP contribution in [0.15, 0.2) is 65.1 Å². The van der Waals surface area contributed by atoms with E-state index in [1.54, 1.807) is 0 Å². The fourth-order valence-corrected chi connectivity index (χ4v) is 3.72. The number of aromatic nitrogens is 2. The maximum atomic E-state index is 8.91. The highest BCUT2D eigenvalue weighted by Gasteiger charge is 2.16. The van der Waals surface area contributed by atoms with Crippen LogP contribution in [-0.2, 0) is 0 Å². The van der Waals surface area contributed by atoms with E-state index in [1.165, 1.54) is 0 Å². The summed E-state index contributed by atoms with van der Waals surface area (Å²) in [6, 6.07) is 19.7. The molecule has 0 saturated heterocycles. The molecule has 134 valence electrons. The number of halogens is 1. The second-order valence-electron chi connectivity index (χ2n) is 6.68. The number of benzene rings is 3. The van der Waals surface area contributed by atoms with Crippen LogP contribution in [0.4, 0.5) is 5.69 Å². The summed E-state index contributed by atoms with van der Waals surface area (Å²) in [6.45, 7) is 4.04. The first-order chi connectivity index (χ1) is 13.0. The Balaban J connectivity index is 2.17.